The molecule has 0 saturated heterocycles. The summed E-state index contributed by atoms with van der Waals surface area (Å²) in [5.41, 5.74) is 1.26. The number of sulfonamides is 1. The predicted octanol–water partition coefficient (Wildman–Crippen LogP) is 2.13. The van der Waals surface area contributed by atoms with Gasteiger partial charge in [0.05, 0.1) is 5.75 Å². The molecule has 2 aromatic heterocycles. The van der Waals surface area contributed by atoms with Gasteiger partial charge in [-0.2, -0.15) is 0 Å². The fourth-order valence-electron chi connectivity index (χ4n) is 2.32. The van der Waals surface area contributed by atoms with Crippen molar-refractivity contribution in [2.45, 2.75) is 13.3 Å². The van der Waals surface area contributed by atoms with Gasteiger partial charge in [-0.25, -0.2) is 8.42 Å². The van der Waals surface area contributed by atoms with Crippen LogP contribution < -0.4 is 10.0 Å². The van der Waals surface area contributed by atoms with E-state index in [-0.39, 0.29) is 11.7 Å². The van der Waals surface area contributed by atoms with E-state index in [0.29, 0.717) is 23.3 Å². The highest BCUT2D eigenvalue weighted by molar-refractivity contribution is 7.92. The first-order chi connectivity index (χ1) is 12.0. The summed E-state index contributed by atoms with van der Waals surface area (Å²) < 4.78 is 27.8. The number of nitrogens with one attached hydrogen (secondary N) is 2. The largest absolute Gasteiger partial charge is 0.290 e. The van der Waals surface area contributed by atoms with Crippen molar-refractivity contribution < 1.29 is 13.2 Å². The number of hydrogen-bond donors (Lipinski definition) is 2. The maximum absolute atomic E-state index is 12.4. The Morgan fingerprint density at radius 2 is 2.00 bits per heavy atom. The van der Waals surface area contributed by atoms with Gasteiger partial charge in [0.25, 0.3) is 5.91 Å². The topological polar surface area (TPSA) is 105 Å². The van der Waals surface area contributed by atoms with Gasteiger partial charge < -0.3 is 0 Å². The summed E-state index contributed by atoms with van der Waals surface area (Å²) in [6, 6.07) is 11.7. The second-order valence-electron chi connectivity index (χ2n) is 5.41. The molecular formula is C16H17N5O3S. The van der Waals surface area contributed by atoms with Crippen LogP contribution in [0, 0.1) is 0 Å². The highest BCUT2D eigenvalue weighted by Crippen LogP contribution is 2.15. The number of rotatable bonds is 6. The second-order valence-corrected chi connectivity index (χ2v) is 7.25. The smallest absolute Gasteiger partial charge is 0.258 e. The van der Waals surface area contributed by atoms with E-state index in [9.17, 15) is 13.2 Å². The molecule has 0 fully saturated rings. The molecule has 2 heterocycles. The van der Waals surface area contributed by atoms with Crippen LogP contribution >= 0.6 is 0 Å². The molecule has 1 aromatic carbocycles. The van der Waals surface area contributed by atoms with Gasteiger partial charge in [-0.3, -0.25) is 19.2 Å². The number of aromatic nitrogens is 3. The SMILES string of the molecule is CCCS(=O)(=O)Nc1cccc(C(=O)Nc2nnc3ccccn23)c1. The first-order valence-electron chi connectivity index (χ1n) is 7.70. The number of hydrogen-bond acceptors (Lipinski definition) is 5. The molecule has 0 spiro atoms. The van der Waals surface area contributed by atoms with Crippen molar-refractivity contribution in [3.05, 3.63) is 54.2 Å². The van der Waals surface area contributed by atoms with Crippen molar-refractivity contribution in [3.63, 3.8) is 0 Å². The van der Waals surface area contributed by atoms with E-state index >= 15 is 0 Å². The molecule has 0 saturated carbocycles. The molecular weight excluding hydrogens is 342 g/mol. The zero-order valence-corrected chi connectivity index (χ0v) is 14.3. The van der Waals surface area contributed by atoms with Crippen molar-refractivity contribution in [3.8, 4) is 0 Å². The van der Waals surface area contributed by atoms with Gasteiger partial charge in [-0.05, 0) is 36.8 Å². The van der Waals surface area contributed by atoms with Crippen LogP contribution in [0.15, 0.2) is 48.7 Å². The van der Waals surface area contributed by atoms with E-state index in [2.05, 4.69) is 20.2 Å². The molecule has 0 aliphatic carbocycles. The lowest BCUT2D eigenvalue weighted by molar-refractivity contribution is 0.102. The molecule has 130 valence electrons. The lowest BCUT2D eigenvalue weighted by Crippen LogP contribution is -2.17. The van der Waals surface area contributed by atoms with Crippen LogP contribution in [0.1, 0.15) is 23.7 Å². The molecule has 0 aliphatic heterocycles. The van der Waals surface area contributed by atoms with E-state index in [1.807, 2.05) is 6.07 Å². The number of pyridine rings is 1. The van der Waals surface area contributed by atoms with Gasteiger partial charge in [0.1, 0.15) is 0 Å². The van der Waals surface area contributed by atoms with Gasteiger partial charge in [0, 0.05) is 17.4 Å². The number of amides is 1. The third-order valence-electron chi connectivity index (χ3n) is 3.41. The van der Waals surface area contributed by atoms with Gasteiger partial charge in [0.15, 0.2) is 5.65 Å². The van der Waals surface area contributed by atoms with Crippen LogP contribution in [-0.2, 0) is 10.0 Å². The molecule has 1 amide bonds. The van der Waals surface area contributed by atoms with Gasteiger partial charge in [-0.15, -0.1) is 10.2 Å². The fraction of sp³-hybridized carbons (Fsp3) is 0.188. The summed E-state index contributed by atoms with van der Waals surface area (Å²) in [7, 11) is -3.41. The maximum atomic E-state index is 12.4. The van der Waals surface area contributed by atoms with Crippen LogP contribution in [0.3, 0.4) is 0 Å². The van der Waals surface area contributed by atoms with Crippen LogP contribution in [-0.4, -0.2) is 34.7 Å². The first-order valence-corrected chi connectivity index (χ1v) is 9.35. The Kier molecular flexibility index (Phi) is 4.66. The summed E-state index contributed by atoms with van der Waals surface area (Å²) in [4.78, 5) is 12.4. The standard InChI is InChI=1S/C16H17N5O3S/c1-2-10-25(23,24)20-13-7-5-6-12(11-13)15(22)17-16-19-18-14-8-3-4-9-21(14)16/h3-9,11,20H,2,10H2,1H3,(H,17,19,22). The highest BCUT2D eigenvalue weighted by Gasteiger charge is 2.13. The summed E-state index contributed by atoms with van der Waals surface area (Å²) in [6.45, 7) is 1.78. The summed E-state index contributed by atoms with van der Waals surface area (Å²) in [6.07, 6.45) is 2.25. The number of fused-ring (bicyclic) bond motifs is 1. The van der Waals surface area contributed by atoms with Crippen molar-refractivity contribution in [1.82, 2.24) is 14.6 Å². The van der Waals surface area contributed by atoms with Crippen molar-refractivity contribution in [2.75, 3.05) is 15.8 Å². The minimum Gasteiger partial charge on any atom is -0.290 e. The Morgan fingerprint density at radius 1 is 1.16 bits per heavy atom. The van der Waals surface area contributed by atoms with E-state index in [1.54, 1.807) is 47.9 Å². The van der Waals surface area contributed by atoms with Crippen LogP contribution in [0.2, 0.25) is 0 Å². The van der Waals surface area contributed by atoms with E-state index in [4.69, 9.17) is 0 Å². The Labute approximate surface area is 144 Å². The van der Waals surface area contributed by atoms with Crippen LogP contribution in [0.4, 0.5) is 11.6 Å². The number of carbonyl (C=O) groups excluding carboxylic acids is 1. The molecule has 8 nitrogen and oxygen atoms in total. The average Bonchev–Trinajstić information content (AvgIpc) is 2.98. The van der Waals surface area contributed by atoms with Gasteiger partial charge in [-0.1, -0.05) is 19.1 Å². The van der Waals surface area contributed by atoms with E-state index < -0.39 is 15.9 Å². The molecule has 0 radical (unpaired) electrons. The van der Waals surface area contributed by atoms with Crippen LogP contribution in [0.25, 0.3) is 5.65 Å². The zero-order valence-electron chi connectivity index (χ0n) is 13.5. The number of anilines is 2. The van der Waals surface area contributed by atoms with Crippen LogP contribution in [0.5, 0.6) is 0 Å². The third-order valence-corrected chi connectivity index (χ3v) is 4.90. The minimum atomic E-state index is -3.41. The Balaban J connectivity index is 1.80. The number of carbonyl (C=O) groups is 1. The van der Waals surface area contributed by atoms with Crippen molar-refractivity contribution >= 4 is 33.2 Å². The summed E-state index contributed by atoms with van der Waals surface area (Å²) in [5, 5.41) is 10.6. The zero-order chi connectivity index (χ0) is 17.9. The molecule has 0 atom stereocenters. The lowest BCUT2D eigenvalue weighted by atomic mass is 10.2. The molecule has 3 rings (SSSR count). The molecule has 0 bridgehead atoms. The first kappa shape index (κ1) is 16.9. The van der Waals surface area contributed by atoms with E-state index in [1.165, 1.54) is 6.07 Å². The summed E-state index contributed by atoms with van der Waals surface area (Å²) >= 11 is 0. The number of benzene rings is 1. The minimum absolute atomic E-state index is 0.0230. The normalized spacial score (nSPS) is 11.4. The number of nitrogens with zero attached hydrogens (tertiary/aromatic N) is 3. The molecule has 0 unspecified atom stereocenters. The van der Waals surface area contributed by atoms with Gasteiger partial charge >= 0.3 is 0 Å². The molecule has 25 heavy (non-hydrogen) atoms. The Hall–Kier alpha value is -2.94. The lowest BCUT2D eigenvalue weighted by Gasteiger charge is -2.09. The molecule has 0 aliphatic rings. The quantitative estimate of drug-likeness (QED) is 0.701. The molecule has 9 heteroatoms. The predicted molar refractivity (Wildman–Crippen MR) is 95.1 cm³/mol. The van der Waals surface area contributed by atoms with Crippen molar-refractivity contribution in [1.29, 1.82) is 0 Å². The van der Waals surface area contributed by atoms with E-state index in [0.717, 1.165) is 0 Å². The molecule has 3 aromatic rings. The third kappa shape index (κ3) is 3.94. The average molecular weight is 359 g/mol. The van der Waals surface area contributed by atoms with Crippen molar-refractivity contribution in [2.24, 2.45) is 0 Å². The monoisotopic (exact) mass is 359 g/mol. The fourth-order valence-corrected chi connectivity index (χ4v) is 3.45. The maximum Gasteiger partial charge on any atom is 0.258 e. The molecule has 2 N–H and O–H groups in total. The second kappa shape index (κ2) is 6.89. The Morgan fingerprint density at radius 3 is 2.80 bits per heavy atom. The summed E-state index contributed by atoms with van der Waals surface area (Å²) in [5.74, 6) is -0.0953. The Bertz CT molecular complexity index is 1010. The van der Waals surface area contributed by atoms with Gasteiger partial charge in [0.2, 0.25) is 16.0 Å². The highest BCUT2D eigenvalue weighted by atomic mass is 32.2.